The number of carbonyl (C=O) groups is 1. The van der Waals surface area contributed by atoms with Crippen molar-refractivity contribution in [2.45, 2.75) is 58.4 Å². The van der Waals surface area contributed by atoms with E-state index in [1.807, 2.05) is 4.90 Å². The van der Waals surface area contributed by atoms with Gasteiger partial charge in [0.2, 0.25) is 0 Å². The molecule has 20 heavy (non-hydrogen) atoms. The summed E-state index contributed by atoms with van der Waals surface area (Å²) in [5, 5.41) is 12.5. The van der Waals surface area contributed by atoms with E-state index in [2.05, 4.69) is 19.2 Å². The number of urea groups is 1. The van der Waals surface area contributed by atoms with E-state index in [4.69, 9.17) is 0 Å². The van der Waals surface area contributed by atoms with E-state index in [9.17, 15) is 9.90 Å². The Morgan fingerprint density at radius 1 is 1.25 bits per heavy atom. The highest BCUT2D eigenvalue weighted by Crippen LogP contribution is 2.30. The van der Waals surface area contributed by atoms with Crippen molar-refractivity contribution in [3.05, 3.63) is 0 Å². The normalized spacial score (nSPS) is 31.4. The molecule has 2 fully saturated rings. The first-order chi connectivity index (χ1) is 9.61. The zero-order chi connectivity index (χ0) is 14.5. The third-order valence-corrected chi connectivity index (χ3v) is 5.05. The second-order valence-electron chi connectivity index (χ2n) is 6.89. The Bertz CT molecular complexity index is 320. The van der Waals surface area contributed by atoms with E-state index in [0.717, 1.165) is 25.8 Å². The summed E-state index contributed by atoms with van der Waals surface area (Å²) in [5.74, 6) is 1.51. The maximum atomic E-state index is 12.4. The summed E-state index contributed by atoms with van der Waals surface area (Å²) in [5.41, 5.74) is 0. The molecule has 1 aliphatic carbocycles. The van der Waals surface area contributed by atoms with Crippen LogP contribution in [0.3, 0.4) is 0 Å². The highest BCUT2D eigenvalue weighted by Gasteiger charge is 2.31. The third kappa shape index (κ3) is 3.87. The first kappa shape index (κ1) is 15.6. The number of carbonyl (C=O) groups excluding carboxylic acids is 1. The number of nitrogens with one attached hydrogen (secondary N) is 1. The van der Waals surface area contributed by atoms with Crippen LogP contribution in [0.2, 0.25) is 0 Å². The molecular weight excluding hydrogens is 252 g/mol. The van der Waals surface area contributed by atoms with Gasteiger partial charge in [0.25, 0.3) is 0 Å². The molecule has 1 aliphatic heterocycles. The molecule has 3 atom stereocenters. The van der Waals surface area contributed by atoms with E-state index >= 15 is 0 Å². The average molecular weight is 282 g/mol. The molecule has 2 amide bonds. The van der Waals surface area contributed by atoms with Crippen molar-refractivity contribution in [2.75, 3.05) is 19.7 Å². The summed E-state index contributed by atoms with van der Waals surface area (Å²) in [7, 11) is 0. The molecule has 2 aliphatic rings. The fourth-order valence-electron chi connectivity index (χ4n) is 3.79. The van der Waals surface area contributed by atoms with Crippen molar-refractivity contribution < 1.29 is 9.90 Å². The molecule has 2 rings (SSSR count). The van der Waals surface area contributed by atoms with Crippen molar-refractivity contribution in [3.63, 3.8) is 0 Å². The maximum absolute atomic E-state index is 12.4. The molecule has 1 saturated heterocycles. The van der Waals surface area contributed by atoms with Crippen molar-refractivity contribution in [2.24, 2.45) is 17.8 Å². The molecule has 0 unspecified atom stereocenters. The van der Waals surface area contributed by atoms with Crippen molar-refractivity contribution >= 4 is 6.03 Å². The lowest BCUT2D eigenvalue weighted by atomic mass is 9.78. The molecule has 1 heterocycles. The second-order valence-corrected chi connectivity index (χ2v) is 6.89. The molecule has 4 heteroatoms. The minimum Gasteiger partial charge on any atom is -0.396 e. The van der Waals surface area contributed by atoms with Crippen LogP contribution in [0.15, 0.2) is 0 Å². The molecule has 4 nitrogen and oxygen atoms in total. The Labute approximate surface area is 122 Å². The molecule has 0 spiro atoms. The average Bonchev–Trinajstić information content (AvgIpc) is 2.47. The summed E-state index contributed by atoms with van der Waals surface area (Å²) in [6, 6.07) is 0.423. The highest BCUT2D eigenvalue weighted by atomic mass is 16.3. The summed E-state index contributed by atoms with van der Waals surface area (Å²) >= 11 is 0. The number of aliphatic hydroxyl groups excluding tert-OH is 1. The van der Waals surface area contributed by atoms with Gasteiger partial charge >= 0.3 is 6.03 Å². The Morgan fingerprint density at radius 3 is 2.70 bits per heavy atom. The predicted molar refractivity (Wildman–Crippen MR) is 80.5 cm³/mol. The first-order valence-electron chi connectivity index (χ1n) is 8.28. The van der Waals surface area contributed by atoms with Gasteiger partial charge in [0, 0.05) is 25.7 Å². The van der Waals surface area contributed by atoms with Crippen LogP contribution in [0.25, 0.3) is 0 Å². The fraction of sp³-hybridized carbons (Fsp3) is 0.938. The molecule has 0 radical (unpaired) electrons. The lowest BCUT2D eigenvalue weighted by Crippen LogP contribution is -2.52. The van der Waals surface area contributed by atoms with Crippen LogP contribution in [0, 0.1) is 17.8 Å². The number of hydrogen-bond acceptors (Lipinski definition) is 2. The molecule has 0 aromatic heterocycles. The van der Waals surface area contributed by atoms with Crippen LogP contribution in [0.1, 0.15) is 52.4 Å². The standard InChI is InChI=1S/C16H30N2O2/c1-12(2)14-7-3-4-8-15(14)17-16(20)18-9-5-6-13(10-18)11-19/h12-15,19H,3-11H2,1-2H3,(H,17,20)/t13-,14-,15+/m0/s1. The summed E-state index contributed by atoms with van der Waals surface area (Å²) in [4.78, 5) is 14.3. The highest BCUT2D eigenvalue weighted by molar-refractivity contribution is 5.74. The van der Waals surface area contributed by atoms with Gasteiger partial charge < -0.3 is 15.3 Å². The minimum atomic E-state index is 0.0840. The van der Waals surface area contributed by atoms with Gasteiger partial charge in [-0.3, -0.25) is 0 Å². The number of likely N-dealkylation sites (tertiary alicyclic amines) is 1. The largest absolute Gasteiger partial charge is 0.396 e. The smallest absolute Gasteiger partial charge is 0.317 e. The first-order valence-corrected chi connectivity index (χ1v) is 8.28. The maximum Gasteiger partial charge on any atom is 0.317 e. The second kappa shape index (κ2) is 7.30. The molecule has 1 saturated carbocycles. The SMILES string of the molecule is CC(C)[C@@H]1CCCC[C@H]1NC(=O)N1CCC[C@H](CO)C1. The predicted octanol–water partition coefficient (Wildman–Crippen LogP) is 2.62. The van der Waals surface area contributed by atoms with Gasteiger partial charge in [-0.05, 0) is 43.4 Å². The lowest BCUT2D eigenvalue weighted by molar-refractivity contribution is 0.121. The molecule has 116 valence electrons. The summed E-state index contributed by atoms with van der Waals surface area (Å²) < 4.78 is 0. The number of hydrogen-bond donors (Lipinski definition) is 2. The van der Waals surface area contributed by atoms with Crippen LogP contribution < -0.4 is 5.32 Å². The van der Waals surface area contributed by atoms with E-state index in [1.165, 1.54) is 19.3 Å². The van der Waals surface area contributed by atoms with Crippen LogP contribution in [-0.4, -0.2) is 41.8 Å². The third-order valence-electron chi connectivity index (χ3n) is 5.05. The van der Waals surface area contributed by atoms with Gasteiger partial charge in [0.1, 0.15) is 0 Å². The number of piperidine rings is 1. The van der Waals surface area contributed by atoms with Crippen LogP contribution in [0.4, 0.5) is 4.79 Å². The molecular formula is C16H30N2O2. The van der Waals surface area contributed by atoms with Crippen molar-refractivity contribution in [3.8, 4) is 0 Å². The molecule has 0 aromatic rings. The zero-order valence-corrected chi connectivity index (χ0v) is 13.0. The van der Waals surface area contributed by atoms with Gasteiger partial charge in [0.15, 0.2) is 0 Å². The Hall–Kier alpha value is -0.770. The van der Waals surface area contributed by atoms with Crippen LogP contribution in [-0.2, 0) is 0 Å². The Balaban J connectivity index is 1.89. The van der Waals surface area contributed by atoms with E-state index in [-0.39, 0.29) is 18.6 Å². The van der Waals surface area contributed by atoms with Gasteiger partial charge in [0.05, 0.1) is 0 Å². The quantitative estimate of drug-likeness (QED) is 0.836. The van der Waals surface area contributed by atoms with E-state index in [0.29, 0.717) is 24.4 Å². The van der Waals surface area contributed by atoms with Crippen LogP contribution in [0.5, 0.6) is 0 Å². The number of rotatable bonds is 3. The zero-order valence-electron chi connectivity index (χ0n) is 13.0. The van der Waals surface area contributed by atoms with Crippen LogP contribution >= 0.6 is 0 Å². The van der Waals surface area contributed by atoms with Gasteiger partial charge in [-0.25, -0.2) is 4.79 Å². The topological polar surface area (TPSA) is 52.6 Å². The summed E-state index contributed by atoms with van der Waals surface area (Å²) in [6.07, 6.45) is 6.93. The molecule has 0 aromatic carbocycles. The lowest BCUT2D eigenvalue weighted by Gasteiger charge is -2.38. The van der Waals surface area contributed by atoms with Gasteiger partial charge in [-0.2, -0.15) is 0 Å². The number of amides is 2. The van der Waals surface area contributed by atoms with Gasteiger partial charge in [-0.1, -0.05) is 26.7 Å². The monoisotopic (exact) mass is 282 g/mol. The van der Waals surface area contributed by atoms with E-state index in [1.54, 1.807) is 0 Å². The number of aliphatic hydroxyl groups is 1. The van der Waals surface area contributed by atoms with Gasteiger partial charge in [-0.15, -0.1) is 0 Å². The Morgan fingerprint density at radius 2 is 2.00 bits per heavy atom. The molecule has 0 bridgehead atoms. The summed E-state index contributed by atoms with van der Waals surface area (Å²) in [6.45, 7) is 6.26. The number of nitrogens with zero attached hydrogens (tertiary/aromatic N) is 1. The fourth-order valence-corrected chi connectivity index (χ4v) is 3.79. The van der Waals surface area contributed by atoms with Crippen molar-refractivity contribution in [1.29, 1.82) is 0 Å². The molecule has 2 N–H and O–H groups in total. The van der Waals surface area contributed by atoms with Crippen molar-refractivity contribution in [1.82, 2.24) is 10.2 Å². The van der Waals surface area contributed by atoms with E-state index < -0.39 is 0 Å². The Kier molecular flexibility index (Phi) is 5.70. The minimum absolute atomic E-state index is 0.0840.